The highest BCUT2D eigenvalue weighted by molar-refractivity contribution is 6.29. The quantitative estimate of drug-likeness (QED) is 0.582. The van der Waals surface area contributed by atoms with Crippen LogP contribution in [0.1, 0.15) is 36.1 Å². The van der Waals surface area contributed by atoms with Crippen LogP contribution in [-0.4, -0.2) is 39.6 Å². The van der Waals surface area contributed by atoms with Crippen molar-refractivity contribution in [2.24, 2.45) is 0 Å². The minimum absolute atomic E-state index is 0.109. The summed E-state index contributed by atoms with van der Waals surface area (Å²) in [7, 11) is 1.59. The van der Waals surface area contributed by atoms with Gasteiger partial charge >= 0.3 is 0 Å². The second kappa shape index (κ2) is 8.39. The van der Waals surface area contributed by atoms with Gasteiger partial charge in [0.2, 0.25) is 5.91 Å². The molecule has 0 unspecified atom stereocenters. The first-order valence-corrected chi connectivity index (χ1v) is 10.1. The maximum absolute atomic E-state index is 12.6. The van der Waals surface area contributed by atoms with Crippen molar-refractivity contribution in [3.63, 3.8) is 0 Å². The van der Waals surface area contributed by atoms with Crippen molar-refractivity contribution in [3.8, 4) is 17.3 Å². The van der Waals surface area contributed by atoms with E-state index in [1.165, 1.54) is 0 Å². The van der Waals surface area contributed by atoms with Gasteiger partial charge in [0, 0.05) is 17.9 Å². The van der Waals surface area contributed by atoms with Gasteiger partial charge in [-0.05, 0) is 49.2 Å². The number of methoxy groups -OCH3 is 1. The van der Waals surface area contributed by atoms with E-state index in [0.29, 0.717) is 36.2 Å². The normalized spacial score (nSPS) is 15.2. The summed E-state index contributed by atoms with van der Waals surface area (Å²) in [6, 6.07) is 9.04. The summed E-state index contributed by atoms with van der Waals surface area (Å²) in [5, 5.41) is 15.8. The number of aromatic nitrogens is 4. The summed E-state index contributed by atoms with van der Waals surface area (Å²) in [5.74, 6) is 1.97. The van der Waals surface area contributed by atoms with Crippen LogP contribution in [0.3, 0.4) is 0 Å². The Hall–Kier alpha value is -3.39. The summed E-state index contributed by atoms with van der Waals surface area (Å²) < 4.78 is 12.9. The zero-order valence-electron chi connectivity index (χ0n) is 17.5. The summed E-state index contributed by atoms with van der Waals surface area (Å²) in [6.07, 6.45) is 0.293. The number of ether oxygens (including phenoxy) is 2. The van der Waals surface area contributed by atoms with Crippen LogP contribution < -0.4 is 14.8 Å². The van der Waals surface area contributed by atoms with E-state index in [-0.39, 0.29) is 17.0 Å². The van der Waals surface area contributed by atoms with Crippen molar-refractivity contribution in [2.45, 2.75) is 26.2 Å². The second-order valence-electron chi connectivity index (χ2n) is 7.43. The zero-order valence-corrected chi connectivity index (χ0v) is 18.2. The third-order valence-corrected chi connectivity index (χ3v) is 5.20. The predicted octanol–water partition coefficient (Wildman–Crippen LogP) is 4.06. The van der Waals surface area contributed by atoms with Crippen molar-refractivity contribution in [2.75, 3.05) is 19.0 Å². The van der Waals surface area contributed by atoms with E-state index >= 15 is 0 Å². The van der Waals surface area contributed by atoms with Crippen LogP contribution in [0.2, 0.25) is 5.15 Å². The van der Waals surface area contributed by atoms with Gasteiger partial charge in [-0.2, -0.15) is 9.78 Å². The molecular formula is C22H22ClN5O3. The third kappa shape index (κ3) is 4.11. The van der Waals surface area contributed by atoms with Crippen LogP contribution in [0, 0.1) is 6.92 Å². The molecule has 1 amide bonds. The largest absolute Gasteiger partial charge is 0.493 e. The lowest BCUT2D eigenvalue weighted by molar-refractivity contribution is -0.116. The molecule has 0 radical (unpaired) electrons. The Morgan fingerprint density at radius 1 is 1.29 bits per heavy atom. The number of halogens is 1. The van der Waals surface area contributed by atoms with E-state index < -0.39 is 0 Å². The summed E-state index contributed by atoms with van der Waals surface area (Å²) in [5.41, 5.74) is 3.56. The molecule has 3 aromatic rings. The molecule has 2 aromatic heterocycles. The number of amides is 1. The van der Waals surface area contributed by atoms with Crippen LogP contribution in [-0.2, 0) is 4.79 Å². The Kier molecular flexibility index (Phi) is 5.65. The van der Waals surface area contributed by atoms with E-state index in [1.54, 1.807) is 23.9 Å². The Morgan fingerprint density at radius 2 is 2.10 bits per heavy atom. The highest BCUT2D eigenvalue weighted by atomic mass is 35.5. The van der Waals surface area contributed by atoms with Gasteiger partial charge in [0.1, 0.15) is 12.4 Å². The number of nitrogens with zero attached hydrogens (tertiary/aromatic N) is 4. The Morgan fingerprint density at radius 3 is 2.77 bits per heavy atom. The van der Waals surface area contributed by atoms with Gasteiger partial charge in [-0.1, -0.05) is 24.2 Å². The predicted molar refractivity (Wildman–Crippen MR) is 117 cm³/mol. The van der Waals surface area contributed by atoms with Crippen LogP contribution >= 0.6 is 11.6 Å². The van der Waals surface area contributed by atoms with E-state index in [4.69, 9.17) is 21.1 Å². The number of rotatable bonds is 6. The summed E-state index contributed by atoms with van der Waals surface area (Å²) >= 11 is 5.86. The number of benzene rings is 1. The molecule has 1 atom stereocenters. The molecule has 1 N–H and O–H groups in total. The number of carbonyl (C=O) groups excluding carboxylic acids is 1. The average Bonchev–Trinajstić information content (AvgIpc) is 3.08. The van der Waals surface area contributed by atoms with E-state index in [0.717, 1.165) is 22.4 Å². The van der Waals surface area contributed by atoms with Gasteiger partial charge in [-0.25, -0.2) is 0 Å². The molecule has 3 heterocycles. The highest BCUT2D eigenvalue weighted by Gasteiger charge is 2.33. The SMILES string of the molecule is C=C(C)COc1ccc([C@H]2CC(=O)Nc3c2c(C)nn3-c2ccc(Cl)nn2)cc1OC. The van der Waals surface area contributed by atoms with Gasteiger partial charge in [-0.15, -0.1) is 10.2 Å². The molecular weight excluding hydrogens is 418 g/mol. The standard InChI is InChI=1S/C22H22ClN5O3/c1-12(2)11-31-16-6-5-14(9-17(16)30-4)15-10-20(29)24-22-21(15)13(3)27-28(22)19-8-7-18(23)25-26-19/h5-9,15H,1,10-11H2,2-4H3,(H,24,29)/t15-/m1/s1. The Balaban J connectivity index is 1.76. The first kappa shape index (κ1) is 20.9. The molecule has 1 aliphatic rings. The molecule has 8 nitrogen and oxygen atoms in total. The molecule has 0 saturated carbocycles. The number of hydrogen-bond donors (Lipinski definition) is 1. The number of aryl methyl sites for hydroxylation is 1. The van der Waals surface area contributed by atoms with Crippen molar-refractivity contribution >= 4 is 23.3 Å². The van der Waals surface area contributed by atoms with E-state index in [9.17, 15) is 4.79 Å². The smallest absolute Gasteiger partial charge is 0.226 e. The van der Waals surface area contributed by atoms with Crippen LogP contribution in [0.4, 0.5) is 5.82 Å². The number of fused-ring (bicyclic) bond motifs is 1. The van der Waals surface area contributed by atoms with Crippen LogP contribution in [0.25, 0.3) is 5.82 Å². The lowest BCUT2D eigenvalue weighted by Crippen LogP contribution is -2.25. The lowest BCUT2D eigenvalue weighted by atomic mass is 9.85. The maximum Gasteiger partial charge on any atom is 0.226 e. The average molecular weight is 440 g/mol. The first-order chi connectivity index (χ1) is 14.9. The van der Waals surface area contributed by atoms with Crippen molar-refractivity contribution < 1.29 is 14.3 Å². The van der Waals surface area contributed by atoms with Crippen LogP contribution in [0.5, 0.6) is 11.5 Å². The van der Waals surface area contributed by atoms with Gasteiger partial charge in [0.25, 0.3) is 0 Å². The van der Waals surface area contributed by atoms with E-state index in [2.05, 4.69) is 27.2 Å². The molecule has 0 aliphatic carbocycles. The third-order valence-electron chi connectivity index (χ3n) is 5.00. The molecule has 31 heavy (non-hydrogen) atoms. The summed E-state index contributed by atoms with van der Waals surface area (Å²) in [4.78, 5) is 12.6. The van der Waals surface area contributed by atoms with Crippen molar-refractivity contribution in [3.05, 3.63) is 64.5 Å². The van der Waals surface area contributed by atoms with Gasteiger partial charge in [0.15, 0.2) is 22.5 Å². The number of carbonyl (C=O) groups is 1. The maximum atomic E-state index is 12.6. The highest BCUT2D eigenvalue weighted by Crippen LogP contribution is 2.42. The molecule has 1 aromatic carbocycles. The monoisotopic (exact) mass is 439 g/mol. The Bertz CT molecular complexity index is 1160. The fourth-order valence-corrected chi connectivity index (χ4v) is 3.74. The van der Waals surface area contributed by atoms with Crippen molar-refractivity contribution in [1.29, 1.82) is 0 Å². The minimum Gasteiger partial charge on any atom is -0.493 e. The Labute approximate surface area is 184 Å². The first-order valence-electron chi connectivity index (χ1n) is 9.71. The fourth-order valence-electron chi connectivity index (χ4n) is 3.64. The molecule has 0 fully saturated rings. The molecule has 0 spiro atoms. The topological polar surface area (TPSA) is 91.2 Å². The van der Waals surface area contributed by atoms with Crippen LogP contribution in [0.15, 0.2) is 42.5 Å². The van der Waals surface area contributed by atoms with Gasteiger partial charge in [0.05, 0.1) is 12.8 Å². The number of nitrogens with one attached hydrogen (secondary N) is 1. The molecule has 0 saturated heterocycles. The number of hydrogen-bond acceptors (Lipinski definition) is 6. The second-order valence-corrected chi connectivity index (χ2v) is 7.82. The molecule has 9 heteroatoms. The molecule has 4 rings (SSSR count). The van der Waals surface area contributed by atoms with Gasteiger partial charge < -0.3 is 14.8 Å². The fraction of sp³-hybridized carbons (Fsp3) is 0.273. The van der Waals surface area contributed by atoms with E-state index in [1.807, 2.05) is 32.0 Å². The zero-order chi connectivity index (χ0) is 22.1. The van der Waals surface area contributed by atoms with Crippen molar-refractivity contribution in [1.82, 2.24) is 20.0 Å². The lowest BCUT2D eigenvalue weighted by Gasteiger charge is -2.25. The molecule has 1 aliphatic heterocycles. The molecule has 0 bridgehead atoms. The number of anilines is 1. The molecule has 160 valence electrons. The summed E-state index contributed by atoms with van der Waals surface area (Å²) in [6.45, 7) is 8.06. The minimum atomic E-state index is -0.193. The van der Waals surface area contributed by atoms with Gasteiger partial charge in [-0.3, -0.25) is 4.79 Å².